The van der Waals surface area contributed by atoms with Crippen LogP contribution in [0.3, 0.4) is 0 Å². The summed E-state index contributed by atoms with van der Waals surface area (Å²) in [5, 5.41) is 14.3. The van der Waals surface area contributed by atoms with Crippen molar-refractivity contribution in [2.45, 2.75) is 38.6 Å². The number of anilines is 1. The number of carboxylic acid groups (broad SMARTS) is 1. The van der Waals surface area contributed by atoms with Crippen LogP contribution in [0.5, 0.6) is 0 Å². The van der Waals surface area contributed by atoms with Gasteiger partial charge in [-0.2, -0.15) is 0 Å². The van der Waals surface area contributed by atoms with Crippen LogP contribution in [0.4, 0.5) is 5.82 Å². The fourth-order valence-electron chi connectivity index (χ4n) is 3.60. The Labute approximate surface area is 188 Å². The maximum absolute atomic E-state index is 10.6. The second-order valence-electron chi connectivity index (χ2n) is 7.18. The third-order valence-corrected chi connectivity index (χ3v) is 6.93. The van der Waals surface area contributed by atoms with Crippen molar-refractivity contribution in [3.63, 3.8) is 0 Å². The minimum Gasteiger partial charge on any atom is -0.480 e. The van der Waals surface area contributed by atoms with Crippen LogP contribution in [0.2, 0.25) is 10.0 Å². The van der Waals surface area contributed by atoms with Gasteiger partial charge in [0.2, 0.25) is 0 Å². The standard InChI is InChI=1S/C21H21Cl2N3O3S/c22-14-6-5-12(9-15(14)23)10-24-20-19-13-3-1-2-4-16(13)30-21(19)26-17(25-20)7-8-29-11-18(27)28/h5-6,9H,1-4,7-8,10-11H2,(H,27,28)(H,24,25,26). The molecule has 0 saturated carbocycles. The highest BCUT2D eigenvalue weighted by atomic mass is 35.5. The van der Waals surface area contributed by atoms with E-state index in [2.05, 4.69) is 5.32 Å². The number of ether oxygens (including phenoxy) is 1. The summed E-state index contributed by atoms with van der Waals surface area (Å²) in [5.74, 6) is 0.461. The third-order valence-electron chi connectivity index (χ3n) is 5.00. The largest absolute Gasteiger partial charge is 0.480 e. The molecule has 0 aliphatic heterocycles. The second kappa shape index (κ2) is 9.47. The molecule has 0 unspecified atom stereocenters. The summed E-state index contributed by atoms with van der Waals surface area (Å²) in [5.41, 5.74) is 2.36. The Morgan fingerprint density at radius 1 is 1.20 bits per heavy atom. The molecule has 9 heteroatoms. The Morgan fingerprint density at radius 2 is 2.03 bits per heavy atom. The van der Waals surface area contributed by atoms with Gasteiger partial charge >= 0.3 is 5.97 Å². The number of hydrogen-bond acceptors (Lipinski definition) is 6. The predicted molar refractivity (Wildman–Crippen MR) is 120 cm³/mol. The van der Waals surface area contributed by atoms with Gasteiger partial charge in [-0.1, -0.05) is 29.3 Å². The molecule has 2 N–H and O–H groups in total. The van der Waals surface area contributed by atoms with Gasteiger partial charge in [-0.15, -0.1) is 11.3 Å². The first-order valence-corrected chi connectivity index (χ1v) is 11.4. The summed E-state index contributed by atoms with van der Waals surface area (Å²) in [4.78, 5) is 22.5. The van der Waals surface area contributed by atoms with E-state index in [0.717, 1.165) is 34.4 Å². The van der Waals surface area contributed by atoms with Crippen LogP contribution in [0.15, 0.2) is 18.2 Å². The molecular weight excluding hydrogens is 445 g/mol. The minimum absolute atomic E-state index is 0.259. The van der Waals surface area contributed by atoms with Gasteiger partial charge in [-0.3, -0.25) is 0 Å². The highest BCUT2D eigenvalue weighted by Crippen LogP contribution is 2.38. The maximum Gasteiger partial charge on any atom is 0.329 e. The number of hydrogen-bond donors (Lipinski definition) is 2. The molecule has 6 nitrogen and oxygen atoms in total. The smallest absolute Gasteiger partial charge is 0.329 e. The lowest BCUT2D eigenvalue weighted by molar-refractivity contribution is -0.142. The summed E-state index contributed by atoms with van der Waals surface area (Å²) in [6.07, 6.45) is 4.96. The van der Waals surface area contributed by atoms with Crippen molar-refractivity contribution in [3.8, 4) is 0 Å². The Kier molecular flexibility index (Phi) is 6.73. The summed E-state index contributed by atoms with van der Waals surface area (Å²) in [6, 6.07) is 5.57. The first kappa shape index (κ1) is 21.3. The number of nitrogens with zero attached hydrogens (tertiary/aromatic N) is 2. The van der Waals surface area contributed by atoms with Crippen molar-refractivity contribution in [1.82, 2.24) is 9.97 Å². The quantitative estimate of drug-likeness (QED) is 0.448. The van der Waals surface area contributed by atoms with Gasteiger partial charge in [0.15, 0.2) is 0 Å². The van der Waals surface area contributed by atoms with Crippen molar-refractivity contribution < 1.29 is 14.6 Å². The van der Waals surface area contributed by atoms with Gasteiger partial charge < -0.3 is 15.2 Å². The Bertz CT molecular complexity index is 1090. The highest BCUT2D eigenvalue weighted by Gasteiger charge is 2.21. The fraction of sp³-hybridized carbons (Fsp3) is 0.381. The maximum atomic E-state index is 10.6. The predicted octanol–water partition coefficient (Wildman–Crippen LogP) is 5.13. The van der Waals surface area contributed by atoms with E-state index in [4.69, 9.17) is 43.0 Å². The van der Waals surface area contributed by atoms with Gasteiger partial charge in [0.1, 0.15) is 23.1 Å². The second-order valence-corrected chi connectivity index (χ2v) is 9.08. The Morgan fingerprint density at radius 3 is 2.83 bits per heavy atom. The lowest BCUT2D eigenvalue weighted by Gasteiger charge is -2.14. The van der Waals surface area contributed by atoms with E-state index in [-0.39, 0.29) is 13.2 Å². The van der Waals surface area contributed by atoms with Gasteiger partial charge in [-0.05, 0) is 48.9 Å². The first-order valence-electron chi connectivity index (χ1n) is 9.80. The van der Waals surface area contributed by atoms with E-state index < -0.39 is 5.97 Å². The molecule has 1 aliphatic rings. The third kappa shape index (κ3) is 4.86. The van der Waals surface area contributed by atoms with Crippen LogP contribution in [0, 0.1) is 0 Å². The number of aliphatic carboxylic acids is 1. The van der Waals surface area contributed by atoms with E-state index in [1.807, 2.05) is 12.1 Å². The molecule has 0 spiro atoms. The molecule has 4 rings (SSSR count). The summed E-state index contributed by atoms with van der Waals surface area (Å²) < 4.78 is 5.16. The van der Waals surface area contributed by atoms with E-state index in [9.17, 15) is 4.79 Å². The summed E-state index contributed by atoms with van der Waals surface area (Å²) >= 11 is 13.9. The number of aromatic nitrogens is 2. The minimum atomic E-state index is -0.985. The van der Waals surface area contributed by atoms with Crippen LogP contribution in [0.25, 0.3) is 10.2 Å². The zero-order valence-electron chi connectivity index (χ0n) is 16.2. The average Bonchev–Trinajstić information content (AvgIpc) is 3.10. The normalized spacial score (nSPS) is 13.4. The number of thiophene rings is 1. The van der Waals surface area contributed by atoms with Crippen molar-refractivity contribution in [3.05, 3.63) is 50.1 Å². The van der Waals surface area contributed by atoms with Crippen LogP contribution < -0.4 is 5.32 Å². The molecule has 0 atom stereocenters. The topological polar surface area (TPSA) is 84.3 Å². The van der Waals surface area contributed by atoms with E-state index in [1.165, 1.54) is 23.3 Å². The van der Waals surface area contributed by atoms with Crippen LogP contribution in [-0.2, 0) is 35.3 Å². The van der Waals surface area contributed by atoms with Gasteiger partial charge in [0, 0.05) is 17.8 Å². The zero-order chi connectivity index (χ0) is 21.1. The number of halogens is 2. The molecule has 30 heavy (non-hydrogen) atoms. The molecule has 1 aliphatic carbocycles. The Hall–Kier alpha value is -1.93. The molecule has 158 valence electrons. The number of carbonyl (C=O) groups is 1. The number of aryl methyl sites for hydroxylation is 2. The highest BCUT2D eigenvalue weighted by molar-refractivity contribution is 7.19. The van der Waals surface area contributed by atoms with Crippen molar-refractivity contribution in [1.29, 1.82) is 0 Å². The molecule has 0 radical (unpaired) electrons. The monoisotopic (exact) mass is 465 g/mol. The number of rotatable bonds is 8. The van der Waals surface area contributed by atoms with Crippen LogP contribution in [-0.4, -0.2) is 34.3 Å². The number of carboxylic acids is 1. The first-order chi connectivity index (χ1) is 14.5. The molecule has 0 bridgehead atoms. The van der Waals surface area contributed by atoms with Gasteiger partial charge in [-0.25, -0.2) is 14.8 Å². The lowest BCUT2D eigenvalue weighted by atomic mass is 9.97. The van der Waals surface area contributed by atoms with Crippen LogP contribution >= 0.6 is 34.5 Å². The molecule has 3 aromatic rings. The average molecular weight is 466 g/mol. The van der Waals surface area contributed by atoms with Crippen molar-refractivity contribution >= 4 is 56.5 Å². The number of nitrogens with one attached hydrogen (secondary N) is 1. The fourth-order valence-corrected chi connectivity index (χ4v) is 5.20. The van der Waals surface area contributed by atoms with Crippen LogP contribution in [0.1, 0.15) is 34.7 Å². The molecular formula is C21H21Cl2N3O3S. The lowest BCUT2D eigenvalue weighted by Crippen LogP contribution is -2.11. The van der Waals surface area contributed by atoms with E-state index >= 15 is 0 Å². The van der Waals surface area contributed by atoms with Crippen molar-refractivity contribution in [2.75, 3.05) is 18.5 Å². The van der Waals surface area contributed by atoms with E-state index in [0.29, 0.717) is 28.8 Å². The molecule has 0 saturated heterocycles. The molecule has 2 aromatic heterocycles. The molecule has 0 amide bonds. The number of benzene rings is 1. The Balaban J connectivity index is 1.61. The number of fused-ring (bicyclic) bond motifs is 3. The van der Waals surface area contributed by atoms with Crippen molar-refractivity contribution in [2.24, 2.45) is 0 Å². The van der Waals surface area contributed by atoms with Gasteiger partial charge in [0.05, 0.1) is 22.0 Å². The molecule has 0 fully saturated rings. The summed E-state index contributed by atoms with van der Waals surface area (Å²) in [7, 11) is 0. The molecule has 2 heterocycles. The zero-order valence-corrected chi connectivity index (χ0v) is 18.5. The molecule has 1 aromatic carbocycles. The summed E-state index contributed by atoms with van der Waals surface area (Å²) in [6.45, 7) is 0.496. The van der Waals surface area contributed by atoms with Gasteiger partial charge in [0.25, 0.3) is 0 Å². The SMILES string of the molecule is O=C(O)COCCc1nc(NCc2ccc(Cl)c(Cl)c2)c2c3c(sc2n1)CCCC3. The van der Waals surface area contributed by atoms with E-state index in [1.54, 1.807) is 17.4 Å².